The van der Waals surface area contributed by atoms with Crippen molar-refractivity contribution in [3.8, 4) is 0 Å². The summed E-state index contributed by atoms with van der Waals surface area (Å²) in [5.41, 5.74) is 6.55. The summed E-state index contributed by atoms with van der Waals surface area (Å²) in [6.45, 7) is 7.51. The zero-order valence-corrected chi connectivity index (χ0v) is 17.1. The molecule has 0 bridgehead atoms. The van der Waals surface area contributed by atoms with Gasteiger partial charge >= 0.3 is 5.97 Å². The lowest BCUT2D eigenvalue weighted by atomic mass is 9.97. The molecule has 0 saturated carbocycles. The molecule has 0 fully saturated rings. The lowest BCUT2D eigenvalue weighted by molar-refractivity contribution is -0.139. The maximum absolute atomic E-state index is 12.7. The predicted molar refractivity (Wildman–Crippen MR) is 105 cm³/mol. The first-order chi connectivity index (χ1) is 12.1. The molecule has 1 aliphatic rings. The topological polar surface area (TPSA) is 41.6 Å². The number of esters is 1. The molecule has 0 radical (unpaired) electrons. The number of ether oxygens (including phenoxy) is 1. The molecule has 0 aliphatic carbocycles. The van der Waals surface area contributed by atoms with Gasteiger partial charge in [-0.15, -0.1) is 0 Å². The fraction of sp³-hybridized carbons (Fsp3) is 0.550. The van der Waals surface area contributed by atoms with Crippen molar-refractivity contribution in [1.82, 2.24) is 10.4 Å². The minimum atomic E-state index is -0.181. The first-order valence-corrected chi connectivity index (χ1v) is 10.1. The molecule has 25 heavy (non-hydrogen) atoms. The molecule has 4 nitrogen and oxygen atoms in total. The van der Waals surface area contributed by atoms with Gasteiger partial charge < -0.3 is 10.2 Å². The highest BCUT2D eigenvalue weighted by molar-refractivity contribution is 9.10. The second-order valence-electron chi connectivity index (χ2n) is 6.37. The normalized spacial score (nSPS) is 17.7. The number of rotatable bonds is 9. The maximum atomic E-state index is 12.7. The van der Waals surface area contributed by atoms with E-state index >= 15 is 0 Å². The second-order valence-corrected chi connectivity index (χ2v) is 7.28. The number of halogens is 1. The van der Waals surface area contributed by atoms with E-state index in [4.69, 9.17) is 4.74 Å². The van der Waals surface area contributed by atoms with Gasteiger partial charge in [-0.05, 0) is 43.9 Å². The SMILES string of the molecule is CCCCN1NC(CCC)=C(C(=O)OCC)C1Cc1ccc(Br)cc1. The van der Waals surface area contributed by atoms with Gasteiger partial charge in [0.15, 0.2) is 0 Å². The molecule has 1 atom stereocenters. The Bertz CT molecular complexity index is 598. The van der Waals surface area contributed by atoms with Crippen molar-refractivity contribution in [2.24, 2.45) is 0 Å². The van der Waals surface area contributed by atoms with Crippen molar-refractivity contribution in [2.75, 3.05) is 13.2 Å². The molecule has 1 heterocycles. The number of nitrogens with zero attached hydrogens (tertiary/aromatic N) is 1. The van der Waals surface area contributed by atoms with Crippen molar-refractivity contribution >= 4 is 21.9 Å². The van der Waals surface area contributed by atoms with Gasteiger partial charge in [0.05, 0.1) is 18.2 Å². The first-order valence-electron chi connectivity index (χ1n) is 9.28. The van der Waals surface area contributed by atoms with E-state index in [9.17, 15) is 4.79 Å². The van der Waals surface area contributed by atoms with Gasteiger partial charge in [0.25, 0.3) is 0 Å². The summed E-state index contributed by atoms with van der Waals surface area (Å²) < 4.78 is 6.44. The highest BCUT2D eigenvalue weighted by atomic mass is 79.9. The molecule has 0 spiro atoms. The molecule has 1 N–H and O–H groups in total. The first kappa shape index (κ1) is 20.0. The van der Waals surface area contributed by atoms with Crippen LogP contribution in [-0.4, -0.2) is 30.2 Å². The number of carbonyl (C=O) groups is 1. The van der Waals surface area contributed by atoms with Crippen LogP contribution in [0.25, 0.3) is 0 Å². The fourth-order valence-electron chi connectivity index (χ4n) is 3.17. The monoisotopic (exact) mass is 408 g/mol. The summed E-state index contributed by atoms with van der Waals surface area (Å²) in [6.07, 6.45) is 4.89. The van der Waals surface area contributed by atoms with Gasteiger partial charge in [-0.1, -0.05) is 54.8 Å². The molecule has 1 unspecified atom stereocenters. The van der Waals surface area contributed by atoms with E-state index in [1.807, 2.05) is 6.92 Å². The minimum absolute atomic E-state index is 0.0216. The Hall–Kier alpha value is -1.33. The quantitative estimate of drug-likeness (QED) is 0.606. The van der Waals surface area contributed by atoms with E-state index in [-0.39, 0.29) is 12.0 Å². The third-order valence-corrected chi connectivity index (χ3v) is 4.93. The maximum Gasteiger partial charge on any atom is 0.337 e. The van der Waals surface area contributed by atoms with Crippen LogP contribution in [0, 0.1) is 0 Å². The van der Waals surface area contributed by atoms with Crippen LogP contribution in [-0.2, 0) is 16.0 Å². The Kier molecular flexibility index (Phi) is 7.97. The highest BCUT2D eigenvalue weighted by Gasteiger charge is 2.36. The van der Waals surface area contributed by atoms with Crippen molar-refractivity contribution in [2.45, 2.75) is 58.9 Å². The van der Waals surface area contributed by atoms with Gasteiger partial charge in [-0.3, -0.25) is 0 Å². The van der Waals surface area contributed by atoms with Crippen LogP contribution >= 0.6 is 15.9 Å². The van der Waals surface area contributed by atoms with E-state index in [0.717, 1.165) is 54.4 Å². The van der Waals surface area contributed by atoms with Gasteiger partial charge in [-0.25, -0.2) is 9.80 Å². The van der Waals surface area contributed by atoms with Crippen LogP contribution in [0.15, 0.2) is 40.0 Å². The van der Waals surface area contributed by atoms with E-state index in [2.05, 4.69) is 64.5 Å². The molecule has 1 aromatic carbocycles. The van der Waals surface area contributed by atoms with E-state index in [1.54, 1.807) is 0 Å². The molecular formula is C20H29BrN2O2. The fourth-order valence-corrected chi connectivity index (χ4v) is 3.44. The standard InChI is InChI=1S/C20H29BrN2O2/c1-4-7-13-23-18(14-15-9-11-16(21)12-10-15)19(20(24)25-6-3)17(22-23)8-5-2/h9-12,18,22H,4-8,13-14H2,1-3H3. The predicted octanol–water partition coefficient (Wildman–Crippen LogP) is 4.60. The smallest absolute Gasteiger partial charge is 0.337 e. The molecule has 1 aliphatic heterocycles. The van der Waals surface area contributed by atoms with Crippen LogP contribution in [0.4, 0.5) is 0 Å². The highest BCUT2D eigenvalue weighted by Crippen LogP contribution is 2.28. The van der Waals surface area contributed by atoms with Gasteiger partial charge in [0, 0.05) is 16.7 Å². The van der Waals surface area contributed by atoms with Crippen molar-refractivity contribution < 1.29 is 9.53 Å². The molecule has 5 heteroatoms. The Balaban J connectivity index is 2.30. The van der Waals surface area contributed by atoms with Crippen LogP contribution in [0.5, 0.6) is 0 Å². The Morgan fingerprint density at radius 1 is 1.20 bits per heavy atom. The minimum Gasteiger partial charge on any atom is -0.463 e. The van der Waals surface area contributed by atoms with Crippen molar-refractivity contribution in [3.63, 3.8) is 0 Å². The zero-order chi connectivity index (χ0) is 18.2. The Morgan fingerprint density at radius 3 is 2.52 bits per heavy atom. The number of unbranched alkanes of at least 4 members (excludes halogenated alkanes) is 1. The Labute approximate surface area is 159 Å². The number of benzene rings is 1. The lowest BCUT2D eigenvalue weighted by Gasteiger charge is -2.26. The summed E-state index contributed by atoms with van der Waals surface area (Å²) in [7, 11) is 0. The second kappa shape index (κ2) is 9.97. The molecule has 138 valence electrons. The number of nitrogens with one attached hydrogen (secondary N) is 1. The molecule has 1 aromatic rings. The summed E-state index contributed by atoms with van der Waals surface area (Å²) in [5.74, 6) is -0.181. The largest absolute Gasteiger partial charge is 0.463 e. The summed E-state index contributed by atoms with van der Waals surface area (Å²) >= 11 is 3.48. The third kappa shape index (κ3) is 5.32. The summed E-state index contributed by atoms with van der Waals surface area (Å²) in [5, 5.41) is 2.22. The van der Waals surface area contributed by atoms with Crippen molar-refractivity contribution in [3.05, 3.63) is 45.6 Å². The molecular weight excluding hydrogens is 380 g/mol. The van der Waals surface area contributed by atoms with Crippen LogP contribution in [0.1, 0.15) is 52.0 Å². The molecule has 0 amide bonds. The molecule has 0 aromatic heterocycles. The van der Waals surface area contributed by atoms with E-state index < -0.39 is 0 Å². The number of hydrogen-bond acceptors (Lipinski definition) is 4. The van der Waals surface area contributed by atoms with Gasteiger partial charge in [0.2, 0.25) is 0 Å². The lowest BCUT2D eigenvalue weighted by Crippen LogP contribution is -2.42. The van der Waals surface area contributed by atoms with Gasteiger partial charge in [-0.2, -0.15) is 0 Å². The number of carbonyl (C=O) groups excluding carboxylic acids is 1. The average molecular weight is 409 g/mol. The number of hydrogen-bond donors (Lipinski definition) is 1. The average Bonchev–Trinajstić information content (AvgIpc) is 2.93. The third-order valence-electron chi connectivity index (χ3n) is 4.40. The summed E-state index contributed by atoms with van der Waals surface area (Å²) in [4.78, 5) is 12.7. The van der Waals surface area contributed by atoms with E-state index in [1.165, 1.54) is 5.56 Å². The van der Waals surface area contributed by atoms with Crippen LogP contribution in [0.2, 0.25) is 0 Å². The molecule has 2 rings (SSSR count). The van der Waals surface area contributed by atoms with Crippen LogP contribution < -0.4 is 5.43 Å². The number of allylic oxidation sites excluding steroid dienone is 1. The van der Waals surface area contributed by atoms with Gasteiger partial charge in [0.1, 0.15) is 0 Å². The summed E-state index contributed by atoms with van der Waals surface area (Å²) in [6, 6.07) is 8.35. The van der Waals surface area contributed by atoms with Crippen LogP contribution in [0.3, 0.4) is 0 Å². The zero-order valence-electron chi connectivity index (χ0n) is 15.5. The number of hydrazine groups is 1. The molecule has 0 saturated heterocycles. The van der Waals surface area contributed by atoms with Crippen molar-refractivity contribution in [1.29, 1.82) is 0 Å². The van der Waals surface area contributed by atoms with E-state index in [0.29, 0.717) is 6.61 Å². The Morgan fingerprint density at radius 2 is 1.92 bits per heavy atom.